The number of hydrogen-bond acceptors (Lipinski definition) is 3. The standard InChI is InChI=1S/C19H37N3O/c1-2-21(16-17-22-13-8-9-14-22)15-12-19(23)20-18-10-6-4-3-5-7-11-18/h18H,2-17H2,1H3,(H,20,23). The largest absolute Gasteiger partial charge is 0.353 e. The zero-order valence-electron chi connectivity index (χ0n) is 15.2. The molecule has 2 fully saturated rings. The molecular formula is C19H37N3O. The minimum Gasteiger partial charge on any atom is -0.353 e. The number of likely N-dealkylation sites (N-methyl/N-ethyl adjacent to an activating group) is 1. The van der Waals surface area contributed by atoms with Crippen LogP contribution in [0.4, 0.5) is 0 Å². The summed E-state index contributed by atoms with van der Waals surface area (Å²) in [6.45, 7) is 8.95. The molecule has 0 bridgehead atoms. The normalized spacial score (nSPS) is 21.3. The molecule has 0 atom stereocenters. The number of hydrogen-bond donors (Lipinski definition) is 1. The topological polar surface area (TPSA) is 35.6 Å². The van der Waals surface area contributed by atoms with Crippen LogP contribution in [0.25, 0.3) is 0 Å². The highest BCUT2D eigenvalue weighted by Crippen LogP contribution is 2.17. The molecule has 1 amide bonds. The highest BCUT2D eigenvalue weighted by Gasteiger charge is 2.16. The summed E-state index contributed by atoms with van der Waals surface area (Å²) < 4.78 is 0. The van der Waals surface area contributed by atoms with Gasteiger partial charge in [-0.05, 0) is 45.3 Å². The molecule has 0 aromatic heterocycles. The van der Waals surface area contributed by atoms with Gasteiger partial charge >= 0.3 is 0 Å². The van der Waals surface area contributed by atoms with Crippen molar-refractivity contribution in [2.45, 2.75) is 77.2 Å². The Balaban J connectivity index is 1.60. The average Bonchev–Trinajstić information content (AvgIpc) is 3.03. The van der Waals surface area contributed by atoms with E-state index in [2.05, 4.69) is 22.0 Å². The molecule has 23 heavy (non-hydrogen) atoms. The second-order valence-electron chi connectivity index (χ2n) is 7.34. The molecule has 0 aromatic rings. The van der Waals surface area contributed by atoms with Crippen LogP contribution in [-0.2, 0) is 4.79 Å². The summed E-state index contributed by atoms with van der Waals surface area (Å²) >= 11 is 0. The van der Waals surface area contributed by atoms with Gasteiger partial charge in [-0.25, -0.2) is 0 Å². The maximum absolute atomic E-state index is 12.2. The first-order chi connectivity index (χ1) is 11.3. The summed E-state index contributed by atoms with van der Waals surface area (Å²) in [5.74, 6) is 0.259. The average molecular weight is 324 g/mol. The van der Waals surface area contributed by atoms with Crippen LogP contribution in [-0.4, -0.2) is 61.0 Å². The zero-order chi connectivity index (χ0) is 16.3. The predicted molar refractivity (Wildman–Crippen MR) is 96.7 cm³/mol. The molecule has 4 heteroatoms. The Bertz CT molecular complexity index is 321. The van der Waals surface area contributed by atoms with Crippen LogP contribution < -0.4 is 5.32 Å². The van der Waals surface area contributed by atoms with Crippen molar-refractivity contribution >= 4 is 5.91 Å². The fourth-order valence-corrected chi connectivity index (χ4v) is 3.88. The number of nitrogens with zero attached hydrogens (tertiary/aromatic N) is 2. The summed E-state index contributed by atoms with van der Waals surface area (Å²) in [6, 6.07) is 0.433. The van der Waals surface area contributed by atoms with Gasteiger partial charge in [0.05, 0.1) is 0 Å². The van der Waals surface area contributed by atoms with E-state index in [0.717, 1.165) is 26.2 Å². The van der Waals surface area contributed by atoms with Gasteiger partial charge < -0.3 is 15.1 Å². The van der Waals surface area contributed by atoms with E-state index in [-0.39, 0.29) is 5.91 Å². The Labute approximate surface area is 143 Å². The van der Waals surface area contributed by atoms with Crippen LogP contribution in [0.3, 0.4) is 0 Å². The highest BCUT2D eigenvalue weighted by atomic mass is 16.1. The maximum Gasteiger partial charge on any atom is 0.221 e. The third kappa shape index (κ3) is 7.67. The Morgan fingerprint density at radius 3 is 2.30 bits per heavy atom. The van der Waals surface area contributed by atoms with Crippen LogP contribution in [0, 0.1) is 0 Å². The highest BCUT2D eigenvalue weighted by molar-refractivity contribution is 5.76. The van der Waals surface area contributed by atoms with Crippen LogP contribution in [0.5, 0.6) is 0 Å². The minimum atomic E-state index is 0.259. The summed E-state index contributed by atoms with van der Waals surface area (Å²) in [7, 11) is 0. The Kier molecular flexibility index (Phi) is 8.98. The molecule has 1 heterocycles. The van der Waals surface area contributed by atoms with Crippen LogP contribution in [0.2, 0.25) is 0 Å². The van der Waals surface area contributed by atoms with Crippen molar-refractivity contribution in [2.75, 3.05) is 39.3 Å². The molecule has 1 saturated heterocycles. The van der Waals surface area contributed by atoms with Crippen LogP contribution >= 0.6 is 0 Å². The van der Waals surface area contributed by atoms with Crippen molar-refractivity contribution in [1.29, 1.82) is 0 Å². The fourth-order valence-electron chi connectivity index (χ4n) is 3.88. The molecule has 0 unspecified atom stereocenters. The minimum absolute atomic E-state index is 0.259. The lowest BCUT2D eigenvalue weighted by Gasteiger charge is -2.25. The molecule has 1 saturated carbocycles. The molecule has 134 valence electrons. The zero-order valence-corrected chi connectivity index (χ0v) is 15.2. The second kappa shape index (κ2) is 11.0. The third-order valence-electron chi connectivity index (χ3n) is 5.50. The van der Waals surface area contributed by atoms with Crippen molar-refractivity contribution in [3.63, 3.8) is 0 Å². The molecule has 1 aliphatic heterocycles. The SMILES string of the molecule is CCN(CCC(=O)NC1CCCCCCC1)CCN1CCCC1. The lowest BCUT2D eigenvalue weighted by molar-refractivity contribution is -0.122. The molecule has 2 aliphatic rings. The van der Waals surface area contributed by atoms with E-state index < -0.39 is 0 Å². The first-order valence-electron chi connectivity index (χ1n) is 10.0. The van der Waals surface area contributed by atoms with Gasteiger partial charge in [-0.2, -0.15) is 0 Å². The van der Waals surface area contributed by atoms with Gasteiger partial charge in [0.15, 0.2) is 0 Å². The summed E-state index contributed by atoms with van der Waals surface area (Å²) in [6.07, 6.45) is 12.3. The van der Waals surface area contributed by atoms with Crippen molar-refractivity contribution in [3.8, 4) is 0 Å². The number of nitrogens with one attached hydrogen (secondary N) is 1. The molecule has 1 N–H and O–H groups in total. The molecule has 4 nitrogen and oxygen atoms in total. The summed E-state index contributed by atoms with van der Waals surface area (Å²) in [5, 5.41) is 3.29. The fraction of sp³-hybridized carbons (Fsp3) is 0.947. The summed E-state index contributed by atoms with van der Waals surface area (Å²) in [5.41, 5.74) is 0. The number of amides is 1. The number of rotatable bonds is 8. The van der Waals surface area contributed by atoms with Gasteiger partial charge in [0.1, 0.15) is 0 Å². The lowest BCUT2D eigenvalue weighted by Crippen LogP contribution is -2.39. The second-order valence-corrected chi connectivity index (χ2v) is 7.34. The Morgan fingerprint density at radius 2 is 1.65 bits per heavy atom. The smallest absolute Gasteiger partial charge is 0.221 e. The monoisotopic (exact) mass is 323 g/mol. The van der Waals surface area contributed by atoms with Gasteiger partial charge in [0.25, 0.3) is 0 Å². The summed E-state index contributed by atoms with van der Waals surface area (Å²) in [4.78, 5) is 17.2. The molecular weight excluding hydrogens is 286 g/mol. The van der Waals surface area contributed by atoms with Crippen LogP contribution in [0.15, 0.2) is 0 Å². The van der Waals surface area contributed by atoms with E-state index >= 15 is 0 Å². The first kappa shape index (κ1) is 18.7. The van der Waals surface area contributed by atoms with Crippen molar-refractivity contribution < 1.29 is 4.79 Å². The van der Waals surface area contributed by atoms with Gasteiger partial charge in [-0.3, -0.25) is 4.79 Å². The van der Waals surface area contributed by atoms with E-state index in [4.69, 9.17) is 0 Å². The Morgan fingerprint density at radius 1 is 1.00 bits per heavy atom. The number of likely N-dealkylation sites (tertiary alicyclic amines) is 1. The first-order valence-corrected chi connectivity index (χ1v) is 10.0. The lowest BCUT2D eigenvalue weighted by atomic mass is 9.96. The van der Waals surface area contributed by atoms with Crippen molar-refractivity contribution in [2.24, 2.45) is 0 Å². The molecule has 0 aromatic carbocycles. The Hall–Kier alpha value is -0.610. The van der Waals surface area contributed by atoms with Crippen molar-refractivity contribution in [1.82, 2.24) is 15.1 Å². The van der Waals surface area contributed by atoms with Crippen molar-refractivity contribution in [3.05, 3.63) is 0 Å². The third-order valence-corrected chi connectivity index (χ3v) is 5.50. The van der Waals surface area contributed by atoms with Crippen LogP contribution in [0.1, 0.15) is 71.1 Å². The van der Waals surface area contributed by atoms with E-state index in [1.165, 1.54) is 70.9 Å². The van der Waals surface area contributed by atoms with Gasteiger partial charge in [-0.1, -0.05) is 39.0 Å². The number of carbonyl (C=O) groups is 1. The van der Waals surface area contributed by atoms with E-state index in [0.29, 0.717) is 12.5 Å². The molecule has 2 rings (SSSR count). The van der Waals surface area contributed by atoms with E-state index in [9.17, 15) is 4.79 Å². The number of carbonyl (C=O) groups excluding carboxylic acids is 1. The van der Waals surface area contributed by atoms with E-state index in [1.54, 1.807) is 0 Å². The molecule has 1 aliphatic carbocycles. The van der Waals surface area contributed by atoms with E-state index in [1.807, 2.05) is 0 Å². The van der Waals surface area contributed by atoms with Gasteiger partial charge in [0.2, 0.25) is 5.91 Å². The quantitative estimate of drug-likeness (QED) is 0.746. The molecule has 0 radical (unpaired) electrons. The predicted octanol–water partition coefficient (Wildman–Crippen LogP) is 3.02. The van der Waals surface area contributed by atoms with Gasteiger partial charge in [0, 0.05) is 32.1 Å². The molecule has 0 spiro atoms. The van der Waals surface area contributed by atoms with Gasteiger partial charge in [-0.15, -0.1) is 0 Å². The maximum atomic E-state index is 12.2.